The van der Waals surface area contributed by atoms with Gasteiger partial charge in [0, 0.05) is 6.20 Å². The van der Waals surface area contributed by atoms with Gasteiger partial charge in [0.25, 0.3) is 5.91 Å². The van der Waals surface area contributed by atoms with Crippen LogP contribution in [-0.4, -0.2) is 22.7 Å². The molecular weight excluding hydrogens is 394 g/mol. The lowest BCUT2D eigenvalue weighted by Crippen LogP contribution is -2.28. The van der Waals surface area contributed by atoms with Crippen LogP contribution in [0.2, 0.25) is 0 Å². The molecule has 1 aliphatic rings. The number of hydrogen-bond donors (Lipinski definition) is 0. The Balaban J connectivity index is 1.72. The molecule has 30 heavy (non-hydrogen) atoms. The number of aryl methyl sites for hydroxylation is 1. The standard InChI is InChI=1S/C24H21N3O2S/c1-3-29-20-13-11-19(12-14-20)27-23(28)21(16-18-9-7-17(2)8-10-18)30-24(27)26-22-6-4-5-15-25-22/h4-16H,3H2,1-2H3/b21-16-,26-24-. The number of hydrogen-bond acceptors (Lipinski definition) is 5. The zero-order valence-electron chi connectivity index (χ0n) is 16.8. The molecule has 1 saturated heterocycles. The maximum Gasteiger partial charge on any atom is 0.271 e. The predicted molar refractivity (Wildman–Crippen MR) is 123 cm³/mol. The van der Waals surface area contributed by atoms with Crippen LogP contribution in [0.5, 0.6) is 5.75 Å². The van der Waals surface area contributed by atoms with Gasteiger partial charge in [-0.1, -0.05) is 35.9 Å². The van der Waals surface area contributed by atoms with E-state index in [0.29, 0.717) is 22.5 Å². The molecule has 0 spiro atoms. The molecule has 150 valence electrons. The summed E-state index contributed by atoms with van der Waals surface area (Å²) in [5.41, 5.74) is 2.89. The average molecular weight is 416 g/mol. The topological polar surface area (TPSA) is 54.8 Å². The second kappa shape index (κ2) is 8.97. The minimum Gasteiger partial charge on any atom is -0.494 e. The van der Waals surface area contributed by atoms with Gasteiger partial charge in [-0.05, 0) is 73.6 Å². The highest BCUT2D eigenvalue weighted by molar-refractivity contribution is 8.19. The highest BCUT2D eigenvalue weighted by Crippen LogP contribution is 2.37. The van der Waals surface area contributed by atoms with Crippen molar-refractivity contribution in [1.29, 1.82) is 0 Å². The number of anilines is 1. The number of ether oxygens (including phenoxy) is 1. The summed E-state index contributed by atoms with van der Waals surface area (Å²) in [5, 5.41) is 0.571. The van der Waals surface area contributed by atoms with Crippen LogP contribution < -0.4 is 9.64 Å². The van der Waals surface area contributed by atoms with Crippen molar-refractivity contribution >= 4 is 40.4 Å². The summed E-state index contributed by atoms with van der Waals surface area (Å²) >= 11 is 1.35. The van der Waals surface area contributed by atoms with Gasteiger partial charge >= 0.3 is 0 Å². The molecule has 5 nitrogen and oxygen atoms in total. The number of amides is 1. The van der Waals surface area contributed by atoms with E-state index < -0.39 is 0 Å². The maximum absolute atomic E-state index is 13.3. The Morgan fingerprint density at radius 2 is 1.83 bits per heavy atom. The number of amidine groups is 1. The molecule has 0 N–H and O–H groups in total. The lowest BCUT2D eigenvalue weighted by molar-refractivity contribution is -0.113. The van der Waals surface area contributed by atoms with E-state index in [4.69, 9.17) is 4.74 Å². The first-order valence-electron chi connectivity index (χ1n) is 9.67. The van der Waals surface area contributed by atoms with Crippen LogP contribution in [-0.2, 0) is 4.79 Å². The minimum absolute atomic E-state index is 0.112. The van der Waals surface area contributed by atoms with Crippen LogP contribution >= 0.6 is 11.8 Å². The zero-order chi connectivity index (χ0) is 20.9. The van der Waals surface area contributed by atoms with Crippen molar-refractivity contribution in [3.8, 4) is 5.75 Å². The van der Waals surface area contributed by atoms with Crippen molar-refractivity contribution in [3.05, 3.63) is 89.0 Å². The van der Waals surface area contributed by atoms with E-state index in [1.165, 1.54) is 17.3 Å². The molecule has 0 aliphatic carbocycles. The van der Waals surface area contributed by atoms with Crippen molar-refractivity contribution in [1.82, 2.24) is 4.98 Å². The summed E-state index contributed by atoms with van der Waals surface area (Å²) in [4.78, 5) is 24.4. The van der Waals surface area contributed by atoms with Crippen molar-refractivity contribution in [2.24, 2.45) is 4.99 Å². The smallest absolute Gasteiger partial charge is 0.271 e. The predicted octanol–water partition coefficient (Wildman–Crippen LogP) is 5.60. The Morgan fingerprint density at radius 1 is 1.07 bits per heavy atom. The van der Waals surface area contributed by atoms with Crippen LogP contribution in [0, 0.1) is 6.92 Å². The molecule has 2 aromatic carbocycles. The number of carbonyl (C=O) groups is 1. The van der Waals surface area contributed by atoms with Gasteiger partial charge in [0.05, 0.1) is 17.2 Å². The van der Waals surface area contributed by atoms with Crippen LogP contribution in [0.3, 0.4) is 0 Å². The highest BCUT2D eigenvalue weighted by Gasteiger charge is 2.34. The van der Waals surface area contributed by atoms with Crippen molar-refractivity contribution < 1.29 is 9.53 Å². The van der Waals surface area contributed by atoms with Crippen LogP contribution in [0.25, 0.3) is 6.08 Å². The SMILES string of the molecule is CCOc1ccc(N2C(=O)/C(=C/c3ccc(C)cc3)S/C2=N\c2ccccn2)cc1. The van der Waals surface area contributed by atoms with E-state index in [0.717, 1.165) is 17.0 Å². The van der Waals surface area contributed by atoms with E-state index in [-0.39, 0.29) is 5.91 Å². The monoisotopic (exact) mass is 415 g/mol. The molecule has 1 fully saturated rings. The van der Waals surface area contributed by atoms with E-state index in [1.54, 1.807) is 11.1 Å². The second-order valence-electron chi connectivity index (χ2n) is 6.67. The third kappa shape index (κ3) is 4.44. The number of rotatable bonds is 5. The minimum atomic E-state index is -0.112. The second-order valence-corrected chi connectivity index (χ2v) is 7.68. The van der Waals surface area contributed by atoms with E-state index >= 15 is 0 Å². The first-order valence-corrected chi connectivity index (χ1v) is 10.5. The fourth-order valence-corrected chi connectivity index (χ4v) is 3.96. The van der Waals surface area contributed by atoms with Gasteiger partial charge in [0.1, 0.15) is 5.75 Å². The highest BCUT2D eigenvalue weighted by atomic mass is 32.2. The van der Waals surface area contributed by atoms with Crippen LogP contribution in [0.4, 0.5) is 11.5 Å². The molecule has 4 rings (SSSR count). The fourth-order valence-electron chi connectivity index (χ4n) is 2.97. The molecule has 2 heterocycles. The number of nitrogens with zero attached hydrogens (tertiary/aromatic N) is 3. The van der Waals surface area contributed by atoms with Gasteiger partial charge < -0.3 is 4.74 Å². The van der Waals surface area contributed by atoms with E-state index in [9.17, 15) is 4.79 Å². The first kappa shape index (κ1) is 19.9. The van der Waals surface area contributed by atoms with Gasteiger partial charge in [-0.15, -0.1) is 0 Å². The van der Waals surface area contributed by atoms with Crippen LogP contribution in [0.15, 0.2) is 82.8 Å². The van der Waals surface area contributed by atoms with Gasteiger partial charge in [0.2, 0.25) is 0 Å². The largest absolute Gasteiger partial charge is 0.494 e. The number of thioether (sulfide) groups is 1. The molecule has 0 bridgehead atoms. The van der Waals surface area contributed by atoms with Crippen molar-refractivity contribution in [2.75, 3.05) is 11.5 Å². The van der Waals surface area contributed by atoms with Gasteiger partial charge in [0.15, 0.2) is 11.0 Å². The fraction of sp³-hybridized carbons (Fsp3) is 0.125. The Morgan fingerprint density at radius 3 is 2.50 bits per heavy atom. The van der Waals surface area contributed by atoms with E-state index in [1.807, 2.05) is 86.7 Å². The van der Waals surface area contributed by atoms with Crippen LogP contribution in [0.1, 0.15) is 18.1 Å². The summed E-state index contributed by atoms with van der Waals surface area (Å²) in [6, 6.07) is 21.0. The molecule has 1 aromatic heterocycles. The zero-order valence-corrected chi connectivity index (χ0v) is 17.6. The molecule has 3 aromatic rings. The average Bonchev–Trinajstić information content (AvgIpc) is 3.06. The number of carbonyl (C=O) groups excluding carboxylic acids is 1. The third-order valence-corrected chi connectivity index (χ3v) is 5.42. The Hall–Kier alpha value is -3.38. The Labute approximate surface area is 180 Å². The lowest BCUT2D eigenvalue weighted by Gasteiger charge is -2.16. The Kier molecular flexibility index (Phi) is 5.95. The van der Waals surface area contributed by atoms with Gasteiger partial charge in [-0.25, -0.2) is 9.98 Å². The summed E-state index contributed by atoms with van der Waals surface area (Å²) in [7, 11) is 0. The molecular formula is C24H21N3O2S. The normalized spacial score (nSPS) is 16.5. The molecule has 1 aliphatic heterocycles. The number of aromatic nitrogens is 1. The number of benzene rings is 2. The molecule has 0 atom stereocenters. The number of aliphatic imine (C=N–C) groups is 1. The lowest BCUT2D eigenvalue weighted by atomic mass is 10.1. The Bertz CT molecular complexity index is 1090. The van der Waals surface area contributed by atoms with Gasteiger partial charge in [-0.3, -0.25) is 9.69 Å². The summed E-state index contributed by atoms with van der Waals surface area (Å²) in [5.74, 6) is 1.21. The number of pyridine rings is 1. The van der Waals surface area contributed by atoms with Gasteiger partial charge in [-0.2, -0.15) is 0 Å². The van der Waals surface area contributed by atoms with E-state index in [2.05, 4.69) is 9.98 Å². The molecule has 1 amide bonds. The maximum atomic E-state index is 13.3. The molecule has 0 unspecified atom stereocenters. The summed E-state index contributed by atoms with van der Waals surface area (Å²) in [6.07, 6.45) is 3.58. The molecule has 6 heteroatoms. The molecule has 0 radical (unpaired) electrons. The first-order chi connectivity index (χ1) is 14.6. The molecule has 0 saturated carbocycles. The summed E-state index contributed by atoms with van der Waals surface area (Å²) in [6.45, 7) is 4.57. The van der Waals surface area contributed by atoms with Crippen molar-refractivity contribution in [2.45, 2.75) is 13.8 Å². The quantitative estimate of drug-likeness (QED) is 0.509. The van der Waals surface area contributed by atoms with Crippen molar-refractivity contribution in [3.63, 3.8) is 0 Å². The third-order valence-electron chi connectivity index (χ3n) is 4.45. The summed E-state index contributed by atoms with van der Waals surface area (Å²) < 4.78 is 5.52.